The van der Waals surface area contributed by atoms with Crippen LogP contribution in [-0.2, 0) is 17.9 Å². The Labute approximate surface area is 141 Å². The fourth-order valence-electron chi connectivity index (χ4n) is 2.38. The molecule has 1 amide bonds. The third-order valence-corrected chi connectivity index (χ3v) is 3.70. The van der Waals surface area contributed by atoms with Crippen LogP contribution in [0.4, 0.5) is 0 Å². The average Bonchev–Trinajstić information content (AvgIpc) is 2.61. The minimum atomic E-state index is -0.101. The zero-order valence-corrected chi connectivity index (χ0v) is 13.9. The number of hydrogen-bond acceptors (Lipinski definition) is 3. The van der Waals surface area contributed by atoms with Crippen molar-refractivity contribution in [3.8, 4) is 5.75 Å². The lowest BCUT2D eigenvalue weighted by molar-refractivity contribution is -0.131. The van der Waals surface area contributed by atoms with Crippen molar-refractivity contribution >= 4 is 5.91 Å². The largest absolute Gasteiger partial charge is 0.497 e. The molecular formula is C19H22N2O3. The highest BCUT2D eigenvalue weighted by molar-refractivity contribution is 5.76. The van der Waals surface area contributed by atoms with Gasteiger partial charge in [-0.25, -0.2) is 0 Å². The van der Waals surface area contributed by atoms with E-state index in [9.17, 15) is 9.59 Å². The number of aryl methyl sites for hydroxylation is 1. The Morgan fingerprint density at radius 3 is 2.62 bits per heavy atom. The number of nitrogens with zero attached hydrogens (tertiary/aromatic N) is 2. The van der Waals surface area contributed by atoms with Gasteiger partial charge < -0.3 is 14.2 Å². The molecule has 24 heavy (non-hydrogen) atoms. The van der Waals surface area contributed by atoms with Crippen LogP contribution in [-0.4, -0.2) is 29.0 Å². The van der Waals surface area contributed by atoms with Crippen LogP contribution in [0.25, 0.3) is 0 Å². The van der Waals surface area contributed by atoms with Crippen LogP contribution >= 0.6 is 0 Å². The number of ether oxygens (including phenoxy) is 1. The van der Waals surface area contributed by atoms with Crippen LogP contribution < -0.4 is 10.3 Å². The van der Waals surface area contributed by atoms with Gasteiger partial charge in [-0.3, -0.25) is 9.59 Å². The van der Waals surface area contributed by atoms with Crippen molar-refractivity contribution in [3.63, 3.8) is 0 Å². The standard InChI is InChI=1S/C19H22N2O3/c1-3-12-21(15-16-7-9-17(24-2)10-8-16)19(23)11-14-20-13-5-4-6-18(20)22/h3-10,13H,1,11-12,14-15H2,2H3. The van der Waals surface area contributed by atoms with E-state index in [0.29, 0.717) is 19.6 Å². The first-order chi connectivity index (χ1) is 11.6. The molecule has 2 aromatic rings. The highest BCUT2D eigenvalue weighted by Gasteiger charge is 2.13. The first-order valence-electron chi connectivity index (χ1n) is 7.81. The third-order valence-electron chi connectivity index (χ3n) is 3.70. The van der Waals surface area contributed by atoms with E-state index < -0.39 is 0 Å². The molecule has 0 saturated heterocycles. The Morgan fingerprint density at radius 1 is 1.25 bits per heavy atom. The van der Waals surface area contributed by atoms with Crippen LogP contribution in [0.2, 0.25) is 0 Å². The molecule has 2 rings (SSSR count). The molecule has 1 aromatic heterocycles. The van der Waals surface area contributed by atoms with Gasteiger partial charge in [-0.1, -0.05) is 24.3 Å². The highest BCUT2D eigenvalue weighted by atomic mass is 16.5. The van der Waals surface area contributed by atoms with E-state index in [1.165, 1.54) is 10.6 Å². The van der Waals surface area contributed by atoms with Crippen molar-refractivity contribution in [3.05, 3.63) is 77.2 Å². The summed E-state index contributed by atoms with van der Waals surface area (Å²) in [6, 6.07) is 12.6. The van der Waals surface area contributed by atoms with Crippen molar-refractivity contribution in [2.75, 3.05) is 13.7 Å². The van der Waals surface area contributed by atoms with Gasteiger partial charge in [0.1, 0.15) is 5.75 Å². The summed E-state index contributed by atoms with van der Waals surface area (Å²) in [6.45, 7) is 5.05. The molecule has 0 saturated carbocycles. The topological polar surface area (TPSA) is 51.5 Å². The van der Waals surface area contributed by atoms with E-state index in [-0.39, 0.29) is 17.9 Å². The summed E-state index contributed by atoms with van der Waals surface area (Å²) in [6.07, 6.45) is 3.67. The zero-order chi connectivity index (χ0) is 17.4. The van der Waals surface area contributed by atoms with Crippen LogP contribution in [0.3, 0.4) is 0 Å². The lowest BCUT2D eigenvalue weighted by Crippen LogP contribution is -2.32. The van der Waals surface area contributed by atoms with Gasteiger partial charge in [-0.2, -0.15) is 0 Å². The van der Waals surface area contributed by atoms with Gasteiger partial charge in [0, 0.05) is 38.3 Å². The van der Waals surface area contributed by atoms with Crippen molar-refractivity contribution < 1.29 is 9.53 Å². The van der Waals surface area contributed by atoms with E-state index in [0.717, 1.165) is 11.3 Å². The van der Waals surface area contributed by atoms with Gasteiger partial charge in [0.05, 0.1) is 7.11 Å². The van der Waals surface area contributed by atoms with Crippen molar-refractivity contribution in [1.29, 1.82) is 0 Å². The molecule has 0 aliphatic heterocycles. The molecule has 0 spiro atoms. The summed E-state index contributed by atoms with van der Waals surface area (Å²) in [4.78, 5) is 25.9. The molecule has 1 aromatic carbocycles. The first kappa shape index (κ1) is 17.5. The fraction of sp³-hybridized carbons (Fsp3) is 0.263. The number of aromatic nitrogens is 1. The van der Waals surface area contributed by atoms with Crippen LogP contribution in [0.15, 0.2) is 66.1 Å². The minimum absolute atomic E-state index is 0.0125. The van der Waals surface area contributed by atoms with E-state index in [2.05, 4.69) is 6.58 Å². The normalized spacial score (nSPS) is 10.2. The predicted octanol–water partition coefficient (Wildman–Crippen LogP) is 2.46. The smallest absolute Gasteiger partial charge is 0.250 e. The molecule has 0 N–H and O–H groups in total. The van der Waals surface area contributed by atoms with Crippen molar-refractivity contribution in [2.45, 2.75) is 19.5 Å². The van der Waals surface area contributed by atoms with Gasteiger partial charge in [0.15, 0.2) is 0 Å². The Morgan fingerprint density at radius 2 is 2.00 bits per heavy atom. The highest BCUT2D eigenvalue weighted by Crippen LogP contribution is 2.13. The second kappa shape index (κ2) is 8.72. The summed E-state index contributed by atoms with van der Waals surface area (Å²) in [7, 11) is 1.62. The lowest BCUT2D eigenvalue weighted by atomic mass is 10.2. The SMILES string of the molecule is C=CCN(Cc1ccc(OC)cc1)C(=O)CCn1ccccc1=O. The molecule has 5 heteroatoms. The summed E-state index contributed by atoms with van der Waals surface area (Å²) in [5, 5.41) is 0. The van der Waals surface area contributed by atoms with Crippen LogP contribution in [0, 0.1) is 0 Å². The fourth-order valence-corrected chi connectivity index (χ4v) is 2.38. The maximum Gasteiger partial charge on any atom is 0.250 e. The molecule has 1 heterocycles. The van der Waals surface area contributed by atoms with Gasteiger partial charge in [-0.05, 0) is 23.8 Å². The second-order valence-corrected chi connectivity index (χ2v) is 5.39. The third kappa shape index (κ3) is 4.84. The first-order valence-corrected chi connectivity index (χ1v) is 7.81. The van der Waals surface area contributed by atoms with E-state index in [4.69, 9.17) is 4.74 Å². The lowest BCUT2D eigenvalue weighted by Gasteiger charge is -2.21. The minimum Gasteiger partial charge on any atom is -0.497 e. The summed E-state index contributed by atoms with van der Waals surface area (Å²) in [5.74, 6) is 0.769. The van der Waals surface area contributed by atoms with Crippen molar-refractivity contribution in [2.24, 2.45) is 0 Å². The number of hydrogen-bond donors (Lipinski definition) is 0. The van der Waals surface area contributed by atoms with E-state index in [1.807, 2.05) is 24.3 Å². The Bertz CT molecular complexity index is 735. The Hall–Kier alpha value is -2.82. The second-order valence-electron chi connectivity index (χ2n) is 5.39. The molecule has 5 nitrogen and oxygen atoms in total. The maximum atomic E-state index is 12.5. The molecule has 0 bridgehead atoms. The number of carbonyl (C=O) groups is 1. The summed E-state index contributed by atoms with van der Waals surface area (Å²) < 4.78 is 6.68. The number of benzene rings is 1. The molecule has 0 aliphatic rings. The molecule has 126 valence electrons. The maximum absolute atomic E-state index is 12.5. The quantitative estimate of drug-likeness (QED) is 0.700. The number of pyridine rings is 1. The predicted molar refractivity (Wildman–Crippen MR) is 93.9 cm³/mol. The van der Waals surface area contributed by atoms with Crippen LogP contribution in [0.1, 0.15) is 12.0 Å². The zero-order valence-electron chi connectivity index (χ0n) is 13.9. The molecule has 0 radical (unpaired) electrons. The molecular weight excluding hydrogens is 304 g/mol. The summed E-state index contributed by atoms with van der Waals surface area (Å²) >= 11 is 0. The molecule has 0 unspecified atom stereocenters. The molecule has 0 fully saturated rings. The average molecular weight is 326 g/mol. The number of rotatable bonds is 8. The van der Waals surface area contributed by atoms with Gasteiger partial charge in [0.2, 0.25) is 5.91 Å². The van der Waals surface area contributed by atoms with Gasteiger partial charge in [-0.15, -0.1) is 6.58 Å². The molecule has 0 aliphatic carbocycles. The van der Waals surface area contributed by atoms with Gasteiger partial charge in [0.25, 0.3) is 5.56 Å². The van der Waals surface area contributed by atoms with E-state index in [1.54, 1.807) is 36.4 Å². The van der Waals surface area contributed by atoms with E-state index >= 15 is 0 Å². The number of methoxy groups -OCH3 is 1. The Kier molecular flexibility index (Phi) is 6.37. The van der Waals surface area contributed by atoms with Crippen LogP contribution in [0.5, 0.6) is 5.75 Å². The monoisotopic (exact) mass is 326 g/mol. The molecule has 0 atom stereocenters. The number of carbonyl (C=O) groups excluding carboxylic acids is 1. The van der Waals surface area contributed by atoms with Gasteiger partial charge >= 0.3 is 0 Å². The van der Waals surface area contributed by atoms with Crippen molar-refractivity contribution in [1.82, 2.24) is 9.47 Å². The Balaban J connectivity index is 2.00. The summed E-state index contributed by atoms with van der Waals surface area (Å²) in [5.41, 5.74) is 0.915. The number of amides is 1.